The average molecular weight is 660 g/mol. The van der Waals surface area contributed by atoms with Gasteiger partial charge in [0.1, 0.15) is 19.1 Å². The Hall–Kier alpha value is -2.81. The molecule has 8 nitrogen and oxygen atoms in total. The topological polar surface area (TPSA) is 76.7 Å². The highest BCUT2D eigenvalue weighted by Gasteiger charge is 2.36. The largest absolute Gasteiger partial charge is 0.479 e. The fourth-order valence-electron chi connectivity index (χ4n) is 5.50. The number of alkyl halides is 2. The van der Waals surface area contributed by atoms with Crippen LogP contribution in [0.4, 0.5) is 8.78 Å². The maximum Gasteiger partial charge on any atom is 0.387 e. The van der Waals surface area contributed by atoms with E-state index in [0.29, 0.717) is 29.7 Å². The first kappa shape index (κ1) is 33.6. The monoisotopic (exact) mass is 659 g/mol. The molecule has 0 spiro atoms. The predicted octanol–water partition coefficient (Wildman–Crippen LogP) is 8.15. The van der Waals surface area contributed by atoms with Gasteiger partial charge in [-0.1, -0.05) is 45.4 Å². The molecule has 1 aliphatic heterocycles. The first-order valence-corrected chi connectivity index (χ1v) is 23.2. The van der Waals surface area contributed by atoms with Crippen LogP contribution in [0.3, 0.4) is 0 Å². The van der Waals surface area contributed by atoms with E-state index >= 15 is 0 Å². The van der Waals surface area contributed by atoms with Crippen molar-refractivity contribution >= 4 is 33.1 Å². The van der Waals surface area contributed by atoms with Crippen molar-refractivity contribution in [2.45, 2.75) is 110 Å². The van der Waals surface area contributed by atoms with Gasteiger partial charge in [0.2, 0.25) is 0 Å². The number of fused-ring (bicyclic) bond motifs is 2. The molecule has 0 amide bonds. The Morgan fingerprint density at radius 2 is 1.67 bits per heavy atom. The molecular formula is C33H47F2N3O5Si2. The van der Waals surface area contributed by atoms with Crippen LogP contribution in [0, 0.1) is 0 Å². The Morgan fingerprint density at radius 3 is 2.27 bits per heavy atom. The lowest BCUT2D eigenvalue weighted by Crippen LogP contribution is -2.28. The van der Waals surface area contributed by atoms with Gasteiger partial charge in [0.25, 0.3) is 5.56 Å². The molecule has 0 saturated heterocycles. The van der Waals surface area contributed by atoms with Crippen LogP contribution in [0.15, 0.2) is 29.2 Å². The summed E-state index contributed by atoms with van der Waals surface area (Å²) in [6.07, 6.45) is 7.44. The van der Waals surface area contributed by atoms with Gasteiger partial charge >= 0.3 is 6.61 Å². The van der Waals surface area contributed by atoms with Gasteiger partial charge in [0.15, 0.2) is 11.5 Å². The van der Waals surface area contributed by atoms with E-state index < -0.39 is 28.4 Å². The smallest absolute Gasteiger partial charge is 0.387 e. The molecule has 1 aliphatic carbocycles. The molecule has 5 rings (SSSR count). The van der Waals surface area contributed by atoms with E-state index in [0.717, 1.165) is 41.8 Å². The van der Waals surface area contributed by atoms with Gasteiger partial charge in [0.05, 0.1) is 22.8 Å². The number of nitrogens with zero attached hydrogens (tertiary/aromatic N) is 3. The average Bonchev–Trinajstić information content (AvgIpc) is 3.70. The number of aromatic nitrogens is 3. The summed E-state index contributed by atoms with van der Waals surface area (Å²) >= 11 is 0. The second-order valence-corrected chi connectivity index (χ2v) is 26.4. The summed E-state index contributed by atoms with van der Waals surface area (Å²) in [7, 11) is -2.63. The van der Waals surface area contributed by atoms with Crippen molar-refractivity contribution in [3.8, 4) is 22.8 Å². The fourth-order valence-corrected chi connectivity index (χ4v) is 7.01. The summed E-state index contributed by atoms with van der Waals surface area (Å²) in [5.74, 6) is 0.409. The number of hydrogen-bond donors (Lipinski definition) is 0. The lowest BCUT2D eigenvalue weighted by atomic mass is 9.93. The summed E-state index contributed by atoms with van der Waals surface area (Å²) in [6, 6.07) is 5.31. The molecule has 0 bridgehead atoms. The summed E-state index contributed by atoms with van der Waals surface area (Å²) in [5, 5.41) is 5.13. The molecule has 0 unspecified atom stereocenters. The van der Waals surface area contributed by atoms with Crippen molar-refractivity contribution in [3.63, 3.8) is 0 Å². The maximum atomic E-state index is 14.1. The molecule has 246 valence electrons. The molecule has 12 heteroatoms. The quantitative estimate of drug-likeness (QED) is 0.128. The third-order valence-corrected chi connectivity index (χ3v) is 11.6. The number of ether oxygens (including phenoxy) is 4. The van der Waals surface area contributed by atoms with Crippen molar-refractivity contribution in [3.05, 3.63) is 45.9 Å². The Bertz CT molecular complexity index is 1630. The third-order valence-electron chi connectivity index (χ3n) is 8.17. The summed E-state index contributed by atoms with van der Waals surface area (Å²) in [6.45, 7) is 16.0. The van der Waals surface area contributed by atoms with Crippen LogP contribution < -0.4 is 15.0 Å². The minimum Gasteiger partial charge on any atom is -0.479 e. The molecule has 0 atom stereocenters. The van der Waals surface area contributed by atoms with Crippen LogP contribution in [-0.4, -0.2) is 55.9 Å². The Balaban J connectivity index is 1.66. The third kappa shape index (κ3) is 7.95. The van der Waals surface area contributed by atoms with E-state index in [1.54, 1.807) is 12.3 Å². The summed E-state index contributed by atoms with van der Waals surface area (Å²) in [4.78, 5) is 14.1. The first-order valence-electron chi connectivity index (χ1n) is 15.8. The molecular weight excluding hydrogens is 613 g/mol. The van der Waals surface area contributed by atoms with Crippen molar-refractivity contribution in [1.82, 2.24) is 14.3 Å². The standard InChI is InChI=1S/C33H47F2N3O5Si2/c1-33(2)14-13-24-23(11-12-26(30(24)43-33)42-32(34)35)29-27(22-9-10-22)28-25(37(29)20-40-15-17-44(3,4)5)19-36-38(31(28)39)21-41-16-18-45(6,7)8/h11-14,19,22,32H,9-10,15-18,20-21H2,1-8H3. The lowest BCUT2D eigenvalue weighted by molar-refractivity contribution is -0.0526. The van der Waals surface area contributed by atoms with Gasteiger partial charge in [0, 0.05) is 40.5 Å². The van der Waals surface area contributed by atoms with Gasteiger partial charge in [-0.3, -0.25) is 4.79 Å². The molecule has 3 heterocycles. The highest BCUT2D eigenvalue weighted by molar-refractivity contribution is 6.76. The van der Waals surface area contributed by atoms with Crippen molar-refractivity contribution < 1.29 is 27.7 Å². The zero-order chi connectivity index (χ0) is 32.7. The van der Waals surface area contributed by atoms with E-state index in [1.165, 1.54) is 10.7 Å². The molecule has 0 radical (unpaired) electrons. The number of hydrogen-bond acceptors (Lipinski definition) is 6. The lowest BCUT2D eigenvalue weighted by Gasteiger charge is -2.30. The highest BCUT2D eigenvalue weighted by Crippen LogP contribution is 2.51. The van der Waals surface area contributed by atoms with Crippen LogP contribution in [0.1, 0.15) is 43.7 Å². The van der Waals surface area contributed by atoms with E-state index in [9.17, 15) is 13.6 Å². The van der Waals surface area contributed by atoms with Gasteiger partial charge in [-0.05, 0) is 68.5 Å². The molecule has 2 aliphatic rings. The van der Waals surface area contributed by atoms with Crippen LogP contribution in [0.25, 0.3) is 28.2 Å². The van der Waals surface area contributed by atoms with Gasteiger partial charge in [-0.15, -0.1) is 0 Å². The van der Waals surface area contributed by atoms with Crippen LogP contribution >= 0.6 is 0 Å². The van der Waals surface area contributed by atoms with Crippen LogP contribution in [0.2, 0.25) is 51.4 Å². The number of rotatable bonds is 14. The minimum absolute atomic E-state index is 0.0253. The van der Waals surface area contributed by atoms with Crippen molar-refractivity contribution in [2.24, 2.45) is 0 Å². The summed E-state index contributed by atoms with van der Waals surface area (Å²) in [5.41, 5.74) is 2.92. The summed E-state index contributed by atoms with van der Waals surface area (Å²) < 4.78 is 53.6. The Kier molecular flexibility index (Phi) is 9.52. The molecule has 2 aromatic heterocycles. The van der Waals surface area contributed by atoms with E-state index in [1.807, 2.05) is 30.6 Å². The highest BCUT2D eigenvalue weighted by atomic mass is 28.3. The molecule has 1 fully saturated rings. The second-order valence-electron chi connectivity index (χ2n) is 15.1. The maximum absolute atomic E-state index is 14.1. The molecule has 0 N–H and O–H groups in total. The van der Waals surface area contributed by atoms with Crippen LogP contribution in [-0.2, 0) is 22.9 Å². The van der Waals surface area contributed by atoms with Gasteiger partial charge in [-0.25, -0.2) is 4.68 Å². The zero-order valence-electron chi connectivity index (χ0n) is 27.8. The number of benzene rings is 1. The van der Waals surface area contributed by atoms with Crippen molar-refractivity contribution in [1.29, 1.82) is 0 Å². The van der Waals surface area contributed by atoms with E-state index in [-0.39, 0.29) is 36.4 Å². The van der Waals surface area contributed by atoms with Crippen molar-refractivity contribution in [2.75, 3.05) is 13.2 Å². The second kappa shape index (κ2) is 12.8. The van der Waals surface area contributed by atoms with Gasteiger partial charge < -0.3 is 23.5 Å². The van der Waals surface area contributed by atoms with Gasteiger partial charge in [-0.2, -0.15) is 13.9 Å². The predicted molar refractivity (Wildman–Crippen MR) is 180 cm³/mol. The SMILES string of the molecule is CC1(C)C=Cc2c(-c3c(C4CC4)c4c(=O)n(COCC[Si](C)(C)C)ncc4n3COCC[Si](C)(C)C)ccc(OC(F)F)c2O1. The zero-order valence-corrected chi connectivity index (χ0v) is 29.8. The molecule has 1 aromatic carbocycles. The Morgan fingerprint density at radius 1 is 1.02 bits per heavy atom. The molecule has 1 saturated carbocycles. The first-order chi connectivity index (χ1) is 21.0. The van der Waals surface area contributed by atoms with Crippen LogP contribution in [0.5, 0.6) is 11.5 Å². The number of halogens is 2. The van der Waals surface area contributed by atoms with E-state index in [2.05, 4.69) is 44.4 Å². The molecule has 45 heavy (non-hydrogen) atoms. The Labute approximate surface area is 266 Å². The normalized spacial score (nSPS) is 16.3. The van der Waals surface area contributed by atoms with E-state index in [4.69, 9.17) is 18.9 Å². The molecule has 3 aromatic rings. The minimum atomic E-state index is -3.00. The fraction of sp³-hybridized carbons (Fsp3) is 0.576.